The van der Waals surface area contributed by atoms with Crippen LogP contribution in [0, 0.1) is 19.8 Å². The number of fused-ring (bicyclic) bond motifs is 1. The molecule has 0 atom stereocenters. The Morgan fingerprint density at radius 1 is 1.05 bits per heavy atom. The minimum atomic E-state index is 0.244. The normalized spacial score (nSPS) is 16.5. The highest BCUT2D eigenvalue weighted by molar-refractivity contribution is 6.10. The number of hydrogen-bond donors (Lipinski definition) is 0. The first kappa shape index (κ1) is 13.4. The number of Topliss-reactive ketones (excluding diaryl/α,β-unsaturated/α-hetero) is 1. The van der Waals surface area contributed by atoms with Gasteiger partial charge in [-0.05, 0) is 54.7 Å². The van der Waals surface area contributed by atoms with Crippen LogP contribution in [0.5, 0.6) is 0 Å². The van der Waals surface area contributed by atoms with Crippen LogP contribution in [0.4, 0.5) is 0 Å². The number of carbonyl (C=O) groups is 1. The molecule has 20 heavy (non-hydrogen) atoms. The van der Waals surface area contributed by atoms with E-state index in [1.54, 1.807) is 0 Å². The van der Waals surface area contributed by atoms with E-state index in [0.29, 0.717) is 5.78 Å². The van der Waals surface area contributed by atoms with E-state index in [4.69, 9.17) is 0 Å². The Balaban J connectivity index is 2.12. The van der Waals surface area contributed by atoms with Crippen molar-refractivity contribution in [2.75, 3.05) is 0 Å². The van der Waals surface area contributed by atoms with Crippen LogP contribution in [-0.4, -0.2) is 5.78 Å². The number of carbonyl (C=O) groups excluding carboxylic acids is 1. The predicted octanol–water partition coefficient (Wildman–Crippen LogP) is 5.22. The van der Waals surface area contributed by atoms with Gasteiger partial charge in [0.05, 0.1) is 0 Å². The molecule has 3 rings (SSSR count). The summed E-state index contributed by atoms with van der Waals surface area (Å²) in [7, 11) is 0. The van der Waals surface area contributed by atoms with Crippen molar-refractivity contribution in [3.63, 3.8) is 0 Å². The van der Waals surface area contributed by atoms with Crippen LogP contribution in [0.2, 0.25) is 0 Å². The van der Waals surface area contributed by atoms with Crippen molar-refractivity contribution in [2.24, 2.45) is 5.92 Å². The summed E-state index contributed by atoms with van der Waals surface area (Å²) in [5.41, 5.74) is 3.34. The second kappa shape index (κ2) is 5.40. The topological polar surface area (TPSA) is 17.1 Å². The fourth-order valence-electron chi connectivity index (χ4n) is 3.54. The van der Waals surface area contributed by atoms with Crippen LogP contribution in [0.15, 0.2) is 30.3 Å². The molecule has 0 aliphatic heterocycles. The predicted molar refractivity (Wildman–Crippen MR) is 84.3 cm³/mol. The number of rotatable bonds is 2. The lowest BCUT2D eigenvalue weighted by atomic mass is 9.82. The van der Waals surface area contributed by atoms with E-state index in [0.717, 1.165) is 23.8 Å². The fourth-order valence-corrected chi connectivity index (χ4v) is 3.54. The number of aryl methyl sites for hydroxylation is 2. The molecule has 0 bridgehead atoms. The van der Waals surface area contributed by atoms with Crippen LogP contribution < -0.4 is 0 Å². The summed E-state index contributed by atoms with van der Waals surface area (Å²) in [6, 6.07) is 10.6. The molecule has 1 nitrogen and oxygen atoms in total. The van der Waals surface area contributed by atoms with E-state index in [1.165, 1.54) is 35.8 Å². The molecule has 104 valence electrons. The second-order valence-electron chi connectivity index (χ2n) is 6.18. The van der Waals surface area contributed by atoms with E-state index in [2.05, 4.69) is 44.2 Å². The maximum atomic E-state index is 12.9. The maximum absolute atomic E-state index is 12.9. The maximum Gasteiger partial charge on any atom is 0.166 e. The number of benzene rings is 2. The molecule has 1 aliphatic rings. The second-order valence-corrected chi connectivity index (χ2v) is 6.18. The molecular weight excluding hydrogens is 244 g/mol. The van der Waals surface area contributed by atoms with Gasteiger partial charge >= 0.3 is 0 Å². The molecule has 1 saturated carbocycles. The van der Waals surface area contributed by atoms with E-state index in [-0.39, 0.29) is 5.92 Å². The van der Waals surface area contributed by atoms with Crippen molar-refractivity contribution in [1.29, 1.82) is 0 Å². The first-order valence-corrected chi connectivity index (χ1v) is 7.71. The summed E-state index contributed by atoms with van der Waals surface area (Å²) in [6.45, 7) is 4.19. The Labute approximate surface area is 121 Å². The molecule has 2 aromatic carbocycles. The fraction of sp³-hybridized carbons (Fsp3) is 0.421. The van der Waals surface area contributed by atoms with Gasteiger partial charge in [0, 0.05) is 11.5 Å². The molecule has 1 aliphatic carbocycles. The van der Waals surface area contributed by atoms with Crippen LogP contribution in [0.1, 0.15) is 53.6 Å². The molecule has 1 heteroatoms. The zero-order valence-corrected chi connectivity index (χ0v) is 12.4. The van der Waals surface area contributed by atoms with Gasteiger partial charge in [-0.2, -0.15) is 0 Å². The van der Waals surface area contributed by atoms with Gasteiger partial charge in [-0.15, -0.1) is 0 Å². The third kappa shape index (κ3) is 2.37. The monoisotopic (exact) mass is 266 g/mol. The lowest BCUT2D eigenvalue weighted by Crippen LogP contribution is -2.18. The molecule has 0 radical (unpaired) electrons. The van der Waals surface area contributed by atoms with Gasteiger partial charge in [0.25, 0.3) is 0 Å². The summed E-state index contributed by atoms with van der Waals surface area (Å²) in [4.78, 5) is 12.9. The third-order valence-corrected chi connectivity index (χ3v) is 4.57. The average Bonchev–Trinajstić information content (AvgIpc) is 2.46. The molecule has 0 spiro atoms. The molecule has 2 aromatic rings. The quantitative estimate of drug-likeness (QED) is 0.681. The average molecular weight is 266 g/mol. The van der Waals surface area contributed by atoms with Crippen LogP contribution in [0.3, 0.4) is 0 Å². The summed E-state index contributed by atoms with van der Waals surface area (Å²) in [6.07, 6.45) is 5.84. The summed E-state index contributed by atoms with van der Waals surface area (Å²) >= 11 is 0. The van der Waals surface area contributed by atoms with Gasteiger partial charge in [0.1, 0.15) is 0 Å². The van der Waals surface area contributed by atoms with Gasteiger partial charge in [0.2, 0.25) is 0 Å². The van der Waals surface area contributed by atoms with Gasteiger partial charge in [-0.25, -0.2) is 0 Å². The van der Waals surface area contributed by atoms with Crippen molar-refractivity contribution < 1.29 is 4.79 Å². The van der Waals surface area contributed by atoms with Crippen molar-refractivity contribution in [1.82, 2.24) is 0 Å². The Morgan fingerprint density at radius 3 is 2.55 bits per heavy atom. The first-order chi connectivity index (χ1) is 9.66. The highest BCUT2D eigenvalue weighted by atomic mass is 16.1. The first-order valence-electron chi connectivity index (χ1n) is 7.71. The Morgan fingerprint density at radius 2 is 1.80 bits per heavy atom. The zero-order chi connectivity index (χ0) is 14.1. The van der Waals surface area contributed by atoms with E-state index < -0.39 is 0 Å². The molecule has 0 saturated heterocycles. The largest absolute Gasteiger partial charge is 0.294 e. The standard InChI is InChI=1S/C19H22O/c1-13-11-16-10-6-7-14(2)18(16)17(12-13)19(20)15-8-4-3-5-9-15/h6-7,10-12,15H,3-5,8-9H2,1-2H3. The summed E-state index contributed by atoms with van der Waals surface area (Å²) < 4.78 is 0. The molecule has 0 unspecified atom stereocenters. The number of ketones is 1. The van der Waals surface area contributed by atoms with Gasteiger partial charge < -0.3 is 0 Å². The Hall–Kier alpha value is -1.63. The molecular formula is C19H22O. The smallest absolute Gasteiger partial charge is 0.166 e. The third-order valence-electron chi connectivity index (χ3n) is 4.57. The zero-order valence-electron chi connectivity index (χ0n) is 12.4. The van der Waals surface area contributed by atoms with Crippen LogP contribution in [-0.2, 0) is 0 Å². The lowest BCUT2D eigenvalue weighted by molar-refractivity contribution is 0.0891. The van der Waals surface area contributed by atoms with Gasteiger partial charge in [-0.3, -0.25) is 4.79 Å². The molecule has 0 heterocycles. The van der Waals surface area contributed by atoms with Crippen molar-refractivity contribution >= 4 is 16.6 Å². The Kier molecular flexibility index (Phi) is 3.60. The van der Waals surface area contributed by atoms with E-state index >= 15 is 0 Å². The SMILES string of the molecule is Cc1cc(C(=O)C2CCCCC2)c2c(C)cccc2c1. The van der Waals surface area contributed by atoms with E-state index in [9.17, 15) is 4.79 Å². The van der Waals surface area contributed by atoms with Crippen molar-refractivity contribution in [2.45, 2.75) is 46.0 Å². The van der Waals surface area contributed by atoms with Crippen LogP contribution in [0.25, 0.3) is 10.8 Å². The Bertz CT molecular complexity index is 648. The van der Waals surface area contributed by atoms with Crippen LogP contribution >= 0.6 is 0 Å². The van der Waals surface area contributed by atoms with Crippen molar-refractivity contribution in [3.8, 4) is 0 Å². The minimum absolute atomic E-state index is 0.244. The summed E-state index contributed by atoms with van der Waals surface area (Å²) in [5.74, 6) is 0.612. The highest BCUT2D eigenvalue weighted by Crippen LogP contribution is 2.31. The summed E-state index contributed by atoms with van der Waals surface area (Å²) in [5, 5.41) is 2.36. The lowest BCUT2D eigenvalue weighted by Gasteiger charge is -2.21. The van der Waals surface area contributed by atoms with Gasteiger partial charge in [0.15, 0.2) is 5.78 Å². The molecule has 0 N–H and O–H groups in total. The van der Waals surface area contributed by atoms with Gasteiger partial charge in [-0.1, -0.05) is 43.5 Å². The minimum Gasteiger partial charge on any atom is -0.294 e. The van der Waals surface area contributed by atoms with Crippen molar-refractivity contribution in [3.05, 3.63) is 47.0 Å². The van der Waals surface area contributed by atoms with E-state index in [1.807, 2.05) is 0 Å². The highest BCUT2D eigenvalue weighted by Gasteiger charge is 2.24. The number of hydrogen-bond acceptors (Lipinski definition) is 1. The molecule has 0 aromatic heterocycles. The molecule has 0 amide bonds. The molecule has 1 fully saturated rings.